The summed E-state index contributed by atoms with van der Waals surface area (Å²) in [6.45, 7) is 3.83. The van der Waals surface area contributed by atoms with Gasteiger partial charge in [0.25, 0.3) is 5.91 Å². The Hall–Kier alpha value is -3.75. The third-order valence-electron chi connectivity index (χ3n) is 6.44. The highest BCUT2D eigenvalue weighted by Gasteiger charge is 2.40. The van der Waals surface area contributed by atoms with E-state index in [9.17, 15) is 18.0 Å². The molecule has 1 aromatic carbocycles. The van der Waals surface area contributed by atoms with Gasteiger partial charge in [-0.1, -0.05) is 13.8 Å². The Labute approximate surface area is 201 Å². The average Bonchev–Trinajstić information content (AvgIpc) is 2.87. The number of rotatable bonds is 5. The van der Waals surface area contributed by atoms with Crippen molar-refractivity contribution < 1.29 is 18.0 Å². The van der Waals surface area contributed by atoms with E-state index in [4.69, 9.17) is 5.41 Å². The van der Waals surface area contributed by atoms with Crippen LogP contribution in [0.4, 0.5) is 13.2 Å². The van der Waals surface area contributed by atoms with Gasteiger partial charge in [0, 0.05) is 42.3 Å². The highest BCUT2D eigenvalue weighted by Crippen LogP contribution is 2.34. The van der Waals surface area contributed by atoms with Crippen LogP contribution >= 0.6 is 0 Å². The second kappa shape index (κ2) is 9.85. The first-order chi connectivity index (χ1) is 16.8. The van der Waals surface area contributed by atoms with Crippen LogP contribution in [0.3, 0.4) is 0 Å². The van der Waals surface area contributed by atoms with Crippen molar-refractivity contribution in [1.82, 2.24) is 20.2 Å². The highest BCUT2D eigenvalue weighted by atomic mass is 19.2. The van der Waals surface area contributed by atoms with Crippen LogP contribution in [0, 0.1) is 22.9 Å². The Kier molecular flexibility index (Phi) is 6.86. The van der Waals surface area contributed by atoms with Gasteiger partial charge in [0.1, 0.15) is 0 Å². The molecule has 4 rings (SSSR count). The van der Waals surface area contributed by atoms with Crippen LogP contribution in [-0.2, 0) is 0 Å². The van der Waals surface area contributed by atoms with Gasteiger partial charge in [-0.2, -0.15) is 0 Å². The fourth-order valence-corrected chi connectivity index (χ4v) is 4.71. The van der Waals surface area contributed by atoms with Gasteiger partial charge in [-0.05, 0) is 49.6 Å². The predicted octanol–water partition coefficient (Wildman–Crippen LogP) is 5.10. The molecule has 3 heterocycles. The van der Waals surface area contributed by atoms with E-state index in [1.807, 2.05) is 19.9 Å². The molecule has 0 radical (unpaired) electrons. The number of fused-ring (bicyclic) bond motifs is 1. The molecule has 2 aromatic heterocycles. The monoisotopic (exact) mass is 481 g/mol. The molecule has 35 heavy (non-hydrogen) atoms. The third kappa shape index (κ3) is 4.38. The lowest BCUT2D eigenvalue weighted by atomic mass is 9.83. The molecule has 1 fully saturated rings. The van der Waals surface area contributed by atoms with Crippen LogP contribution in [-0.4, -0.2) is 45.6 Å². The number of hydrogen-bond donors (Lipinski definition) is 2. The van der Waals surface area contributed by atoms with Crippen molar-refractivity contribution in [2.75, 3.05) is 7.05 Å². The number of halogens is 3. The number of nitrogens with one attached hydrogen (secondary N) is 2. The zero-order valence-electron chi connectivity index (χ0n) is 19.7. The molecule has 0 spiro atoms. The number of hydrogen-bond acceptors (Lipinski definition) is 5. The van der Waals surface area contributed by atoms with Crippen molar-refractivity contribution in [1.29, 1.82) is 5.41 Å². The van der Waals surface area contributed by atoms with Gasteiger partial charge in [-0.3, -0.25) is 14.8 Å². The minimum Gasteiger partial charge on any atom is -0.387 e. The lowest BCUT2D eigenvalue weighted by molar-refractivity contribution is 0.0607. The summed E-state index contributed by atoms with van der Waals surface area (Å²) in [5, 5.41) is 11.9. The Morgan fingerprint density at radius 3 is 2.43 bits per heavy atom. The first kappa shape index (κ1) is 24.4. The summed E-state index contributed by atoms with van der Waals surface area (Å²) < 4.78 is 41.5. The quantitative estimate of drug-likeness (QED) is 0.497. The van der Waals surface area contributed by atoms with Crippen molar-refractivity contribution in [2.45, 2.75) is 45.2 Å². The van der Waals surface area contributed by atoms with E-state index < -0.39 is 23.5 Å². The standard InChI is InChI=1S/C26H26F3N5O/c1-4-16-12-17(25(31-3)14-9-18(27)23(29)19(28)10-14)24(30)22(5-2)34(16)26(35)15-11-21-20(33-13-15)7-6-8-32-21/h6-11,13,16,22,30-31H,4-5,12H2,1-3H3/b25-17-,30-24?/t16-,22+/m0/s1. The zero-order valence-corrected chi connectivity index (χ0v) is 19.7. The van der Waals surface area contributed by atoms with Crippen LogP contribution in [0.25, 0.3) is 16.7 Å². The summed E-state index contributed by atoms with van der Waals surface area (Å²) in [6.07, 6.45) is 4.52. The van der Waals surface area contributed by atoms with E-state index in [1.165, 1.54) is 6.20 Å². The molecule has 1 aliphatic heterocycles. The van der Waals surface area contributed by atoms with Gasteiger partial charge in [0.15, 0.2) is 17.5 Å². The molecule has 0 aliphatic carbocycles. The topological polar surface area (TPSA) is 82.0 Å². The van der Waals surface area contributed by atoms with Crippen LogP contribution in [0.5, 0.6) is 0 Å². The van der Waals surface area contributed by atoms with Gasteiger partial charge in [0.05, 0.1) is 28.4 Å². The molecular weight excluding hydrogens is 455 g/mol. The summed E-state index contributed by atoms with van der Waals surface area (Å²) in [6, 6.07) is 6.28. The third-order valence-corrected chi connectivity index (χ3v) is 6.44. The van der Waals surface area contributed by atoms with Gasteiger partial charge in [0.2, 0.25) is 0 Å². The largest absolute Gasteiger partial charge is 0.387 e. The van der Waals surface area contributed by atoms with Gasteiger partial charge in [-0.15, -0.1) is 0 Å². The van der Waals surface area contributed by atoms with Crippen molar-refractivity contribution in [3.05, 3.63) is 76.9 Å². The molecule has 3 aromatic rings. The van der Waals surface area contributed by atoms with Gasteiger partial charge in [-0.25, -0.2) is 13.2 Å². The smallest absolute Gasteiger partial charge is 0.256 e. The van der Waals surface area contributed by atoms with E-state index in [0.717, 1.165) is 12.1 Å². The van der Waals surface area contributed by atoms with E-state index >= 15 is 0 Å². The minimum absolute atomic E-state index is 0.109. The first-order valence-corrected chi connectivity index (χ1v) is 11.5. The highest BCUT2D eigenvalue weighted by molar-refractivity contribution is 6.11. The maximum Gasteiger partial charge on any atom is 0.256 e. The molecule has 0 bridgehead atoms. The molecule has 0 unspecified atom stereocenters. The fourth-order valence-electron chi connectivity index (χ4n) is 4.71. The zero-order chi connectivity index (χ0) is 25.3. The summed E-state index contributed by atoms with van der Waals surface area (Å²) in [5.74, 6) is -4.40. The molecule has 0 saturated carbocycles. The van der Waals surface area contributed by atoms with Gasteiger partial charge < -0.3 is 15.6 Å². The molecule has 2 atom stereocenters. The number of nitrogens with zero attached hydrogens (tertiary/aromatic N) is 3. The molecule has 2 N–H and O–H groups in total. The summed E-state index contributed by atoms with van der Waals surface area (Å²) in [7, 11) is 1.59. The molecule has 182 valence electrons. The molecular formula is C26H26F3N5O. The van der Waals surface area contributed by atoms with E-state index in [2.05, 4.69) is 15.3 Å². The molecule has 1 saturated heterocycles. The molecule has 1 aliphatic rings. The molecule has 6 nitrogen and oxygen atoms in total. The lowest BCUT2D eigenvalue weighted by Crippen LogP contribution is -2.55. The van der Waals surface area contributed by atoms with Gasteiger partial charge >= 0.3 is 0 Å². The van der Waals surface area contributed by atoms with Crippen molar-refractivity contribution in [3.8, 4) is 0 Å². The number of pyridine rings is 2. The fraction of sp³-hybridized carbons (Fsp3) is 0.308. The normalized spacial score (nSPS) is 19.7. The minimum atomic E-state index is -1.54. The Morgan fingerprint density at radius 1 is 1.09 bits per heavy atom. The van der Waals surface area contributed by atoms with Crippen LogP contribution in [0.1, 0.15) is 49.0 Å². The lowest BCUT2D eigenvalue weighted by Gasteiger charge is -2.44. The summed E-state index contributed by atoms with van der Waals surface area (Å²) >= 11 is 0. The van der Waals surface area contributed by atoms with Crippen molar-refractivity contribution in [3.63, 3.8) is 0 Å². The first-order valence-electron chi connectivity index (χ1n) is 11.5. The SMILES string of the molecule is CC[C@H]1C/C(=C(/NC)c2cc(F)c(F)c(F)c2)C(=N)[C@@H](CC)N1C(=O)c1cnc2cccnc2c1. The molecule has 9 heteroatoms. The van der Waals surface area contributed by atoms with Crippen LogP contribution < -0.4 is 5.32 Å². The van der Waals surface area contributed by atoms with E-state index in [-0.39, 0.29) is 23.2 Å². The molecule has 1 amide bonds. The second-order valence-corrected chi connectivity index (χ2v) is 8.44. The van der Waals surface area contributed by atoms with Crippen molar-refractivity contribution >= 4 is 28.3 Å². The predicted molar refractivity (Wildman–Crippen MR) is 129 cm³/mol. The Morgan fingerprint density at radius 2 is 1.80 bits per heavy atom. The number of piperidine rings is 1. The summed E-state index contributed by atoms with van der Waals surface area (Å²) in [5.41, 5.74) is 2.82. The number of carbonyl (C=O) groups excluding carboxylic acids is 1. The van der Waals surface area contributed by atoms with E-state index in [1.54, 1.807) is 30.3 Å². The summed E-state index contributed by atoms with van der Waals surface area (Å²) in [4.78, 5) is 24.0. The van der Waals surface area contributed by atoms with Crippen LogP contribution in [0.2, 0.25) is 0 Å². The number of likely N-dealkylation sites (tertiary alicyclic amines) is 1. The maximum absolute atomic E-state index is 14.0. The Bertz CT molecular complexity index is 1320. The number of aromatic nitrogens is 2. The Balaban J connectivity index is 1.77. The number of benzene rings is 1. The maximum atomic E-state index is 14.0. The van der Waals surface area contributed by atoms with Crippen molar-refractivity contribution in [2.24, 2.45) is 0 Å². The average molecular weight is 482 g/mol. The number of carbonyl (C=O) groups is 1. The van der Waals surface area contributed by atoms with Crippen LogP contribution in [0.15, 0.2) is 48.3 Å². The second-order valence-electron chi connectivity index (χ2n) is 8.44. The number of amides is 1. The van der Waals surface area contributed by atoms with E-state index in [0.29, 0.717) is 47.1 Å².